The standard InChI is InChI=1S/C9H8Cl2N2OS/c10-5-8(14)13-9(15)12-7-3-1-6(11)2-4-7/h1-4H,5H2,(H2,12,13,14,15). The highest BCUT2D eigenvalue weighted by Crippen LogP contribution is 2.12. The molecular weight excluding hydrogens is 255 g/mol. The van der Waals surface area contributed by atoms with Crippen molar-refractivity contribution >= 4 is 52.1 Å². The van der Waals surface area contributed by atoms with E-state index < -0.39 is 0 Å². The molecule has 1 rings (SSSR count). The number of nitrogens with one attached hydrogen (secondary N) is 2. The van der Waals surface area contributed by atoms with E-state index in [4.69, 9.17) is 35.4 Å². The molecule has 0 aliphatic carbocycles. The topological polar surface area (TPSA) is 41.1 Å². The lowest BCUT2D eigenvalue weighted by Crippen LogP contribution is -2.34. The lowest BCUT2D eigenvalue weighted by Gasteiger charge is -2.08. The number of benzene rings is 1. The molecule has 0 bridgehead atoms. The molecule has 0 saturated carbocycles. The van der Waals surface area contributed by atoms with Crippen molar-refractivity contribution in [2.24, 2.45) is 0 Å². The van der Waals surface area contributed by atoms with Crippen LogP contribution in [0.4, 0.5) is 5.69 Å². The van der Waals surface area contributed by atoms with E-state index in [0.29, 0.717) is 5.02 Å². The maximum atomic E-state index is 10.9. The molecule has 0 heterocycles. The summed E-state index contributed by atoms with van der Waals surface area (Å²) in [7, 11) is 0. The first kappa shape index (κ1) is 12.2. The van der Waals surface area contributed by atoms with E-state index in [9.17, 15) is 4.79 Å². The van der Waals surface area contributed by atoms with Crippen LogP contribution in [0.2, 0.25) is 5.02 Å². The Labute approximate surface area is 103 Å². The van der Waals surface area contributed by atoms with Crippen LogP contribution in [0.3, 0.4) is 0 Å². The Hall–Kier alpha value is -0.840. The molecule has 80 valence electrons. The number of alkyl halides is 1. The molecule has 15 heavy (non-hydrogen) atoms. The van der Waals surface area contributed by atoms with Gasteiger partial charge in [-0.15, -0.1) is 11.6 Å². The van der Waals surface area contributed by atoms with Crippen LogP contribution in [0, 0.1) is 0 Å². The number of halogens is 2. The SMILES string of the molecule is O=C(CCl)NC(=S)Nc1ccc(Cl)cc1. The van der Waals surface area contributed by atoms with Gasteiger partial charge in [0.2, 0.25) is 5.91 Å². The van der Waals surface area contributed by atoms with E-state index in [1.165, 1.54) is 0 Å². The second-order valence-corrected chi connectivity index (χ2v) is 3.75. The van der Waals surface area contributed by atoms with Crippen molar-refractivity contribution < 1.29 is 4.79 Å². The minimum Gasteiger partial charge on any atom is -0.332 e. The first-order valence-electron chi connectivity index (χ1n) is 4.04. The van der Waals surface area contributed by atoms with E-state index in [0.717, 1.165) is 5.69 Å². The van der Waals surface area contributed by atoms with Gasteiger partial charge < -0.3 is 10.6 Å². The summed E-state index contributed by atoms with van der Waals surface area (Å²) in [5.41, 5.74) is 0.749. The number of thiocarbonyl (C=S) groups is 1. The summed E-state index contributed by atoms with van der Waals surface area (Å²) in [5.74, 6) is -0.467. The van der Waals surface area contributed by atoms with Crippen LogP contribution < -0.4 is 10.6 Å². The fraction of sp³-hybridized carbons (Fsp3) is 0.111. The molecule has 1 aromatic carbocycles. The normalized spacial score (nSPS) is 9.47. The largest absolute Gasteiger partial charge is 0.332 e. The van der Waals surface area contributed by atoms with Gasteiger partial charge in [-0.3, -0.25) is 4.79 Å². The summed E-state index contributed by atoms with van der Waals surface area (Å²) >= 11 is 15.9. The quantitative estimate of drug-likeness (QED) is 0.636. The molecule has 1 amide bonds. The minimum absolute atomic E-state index is 0.123. The highest BCUT2D eigenvalue weighted by molar-refractivity contribution is 7.80. The van der Waals surface area contributed by atoms with Crippen molar-refractivity contribution in [3.8, 4) is 0 Å². The van der Waals surface area contributed by atoms with Crippen molar-refractivity contribution in [1.82, 2.24) is 5.32 Å². The lowest BCUT2D eigenvalue weighted by atomic mass is 10.3. The van der Waals surface area contributed by atoms with Crippen LogP contribution in [-0.2, 0) is 4.79 Å². The zero-order valence-corrected chi connectivity index (χ0v) is 9.92. The smallest absolute Gasteiger partial charge is 0.241 e. The Morgan fingerprint density at radius 1 is 1.33 bits per heavy atom. The van der Waals surface area contributed by atoms with Gasteiger partial charge in [-0.25, -0.2) is 0 Å². The summed E-state index contributed by atoms with van der Waals surface area (Å²) in [6, 6.07) is 6.94. The molecule has 0 radical (unpaired) electrons. The van der Waals surface area contributed by atoms with Crippen LogP contribution in [-0.4, -0.2) is 16.9 Å². The number of hydrogen-bond donors (Lipinski definition) is 2. The predicted molar refractivity (Wildman–Crippen MR) is 66.5 cm³/mol. The molecule has 1 aromatic rings. The van der Waals surface area contributed by atoms with Crippen LogP contribution in [0.1, 0.15) is 0 Å². The number of carbonyl (C=O) groups is 1. The second kappa shape index (κ2) is 5.90. The van der Waals surface area contributed by atoms with E-state index in [1.807, 2.05) is 0 Å². The highest BCUT2D eigenvalue weighted by Gasteiger charge is 2.02. The van der Waals surface area contributed by atoms with E-state index in [2.05, 4.69) is 10.6 Å². The van der Waals surface area contributed by atoms with Crippen molar-refractivity contribution in [2.45, 2.75) is 0 Å². The molecule has 0 spiro atoms. The second-order valence-electron chi connectivity index (χ2n) is 2.64. The maximum absolute atomic E-state index is 10.9. The maximum Gasteiger partial charge on any atom is 0.241 e. The molecule has 0 atom stereocenters. The van der Waals surface area contributed by atoms with Crippen LogP contribution in [0.15, 0.2) is 24.3 Å². The summed E-state index contributed by atoms with van der Waals surface area (Å²) < 4.78 is 0. The molecule has 0 aromatic heterocycles. The average Bonchev–Trinajstić information content (AvgIpc) is 2.21. The third kappa shape index (κ3) is 4.46. The summed E-state index contributed by atoms with van der Waals surface area (Å²) in [4.78, 5) is 10.9. The highest BCUT2D eigenvalue weighted by atomic mass is 35.5. The Morgan fingerprint density at radius 2 is 1.93 bits per heavy atom. The lowest BCUT2D eigenvalue weighted by molar-refractivity contribution is -0.117. The molecule has 3 nitrogen and oxygen atoms in total. The van der Waals surface area contributed by atoms with Crippen molar-refractivity contribution in [2.75, 3.05) is 11.2 Å². The molecule has 0 saturated heterocycles. The van der Waals surface area contributed by atoms with Gasteiger partial charge in [0.05, 0.1) is 0 Å². The van der Waals surface area contributed by atoms with E-state index >= 15 is 0 Å². The number of amides is 1. The first-order valence-corrected chi connectivity index (χ1v) is 5.36. The van der Waals surface area contributed by atoms with Crippen LogP contribution in [0.25, 0.3) is 0 Å². The summed E-state index contributed by atoms with van der Waals surface area (Å²) in [5, 5.41) is 6.07. The van der Waals surface area contributed by atoms with Crippen molar-refractivity contribution in [1.29, 1.82) is 0 Å². The van der Waals surface area contributed by atoms with Gasteiger partial charge in [0.1, 0.15) is 5.88 Å². The van der Waals surface area contributed by atoms with Crippen molar-refractivity contribution in [3.63, 3.8) is 0 Å². The fourth-order valence-corrected chi connectivity index (χ4v) is 1.28. The Balaban J connectivity index is 2.51. The minimum atomic E-state index is -0.344. The molecule has 6 heteroatoms. The van der Waals surface area contributed by atoms with Gasteiger partial charge in [0.15, 0.2) is 5.11 Å². The molecule has 0 aliphatic rings. The van der Waals surface area contributed by atoms with Gasteiger partial charge >= 0.3 is 0 Å². The number of rotatable bonds is 2. The predicted octanol–water partition coefficient (Wildman–Crippen LogP) is 2.39. The zero-order valence-electron chi connectivity index (χ0n) is 7.59. The third-order valence-electron chi connectivity index (χ3n) is 1.48. The van der Waals surface area contributed by atoms with Gasteiger partial charge in [0, 0.05) is 10.7 Å². The molecule has 2 N–H and O–H groups in total. The number of hydrogen-bond acceptors (Lipinski definition) is 2. The van der Waals surface area contributed by atoms with Crippen LogP contribution >= 0.6 is 35.4 Å². The number of carbonyl (C=O) groups excluding carboxylic acids is 1. The van der Waals surface area contributed by atoms with Gasteiger partial charge in [0.25, 0.3) is 0 Å². The molecule has 0 aliphatic heterocycles. The van der Waals surface area contributed by atoms with Crippen LogP contribution in [0.5, 0.6) is 0 Å². The van der Waals surface area contributed by atoms with E-state index in [1.54, 1.807) is 24.3 Å². The van der Waals surface area contributed by atoms with Crippen molar-refractivity contribution in [3.05, 3.63) is 29.3 Å². The molecule has 0 fully saturated rings. The fourth-order valence-electron chi connectivity index (χ4n) is 0.856. The van der Waals surface area contributed by atoms with Gasteiger partial charge in [-0.2, -0.15) is 0 Å². The van der Waals surface area contributed by atoms with E-state index in [-0.39, 0.29) is 16.9 Å². The average molecular weight is 263 g/mol. The monoisotopic (exact) mass is 262 g/mol. The molecule has 0 unspecified atom stereocenters. The molecular formula is C9H8Cl2N2OS. The summed E-state index contributed by atoms with van der Waals surface area (Å²) in [6.45, 7) is 0. The first-order chi connectivity index (χ1) is 7.11. The summed E-state index contributed by atoms with van der Waals surface area (Å²) in [6.07, 6.45) is 0. The zero-order chi connectivity index (χ0) is 11.3. The number of anilines is 1. The third-order valence-corrected chi connectivity index (χ3v) is 2.18. The Kier molecular flexibility index (Phi) is 4.81. The van der Waals surface area contributed by atoms with Gasteiger partial charge in [-0.05, 0) is 36.5 Å². The Morgan fingerprint density at radius 3 is 2.47 bits per heavy atom. The Bertz CT molecular complexity index is 367. The van der Waals surface area contributed by atoms with Gasteiger partial charge in [-0.1, -0.05) is 11.6 Å².